The molecule has 126 valence electrons. The van der Waals surface area contributed by atoms with Crippen molar-refractivity contribution < 1.29 is 9.15 Å². The Labute approximate surface area is 145 Å². The van der Waals surface area contributed by atoms with Crippen molar-refractivity contribution in [3.8, 4) is 5.75 Å². The fourth-order valence-corrected chi connectivity index (χ4v) is 3.41. The maximum Gasteiger partial charge on any atom is 0.196 e. The van der Waals surface area contributed by atoms with E-state index < -0.39 is 0 Å². The van der Waals surface area contributed by atoms with Gasteiger partial charge in [-0.3, -0.25) is 4.79 Å². The van der Waals surface area contributed by atoms with Gasteiger partial charge in [-0.25, -0.2) is 0 Å². The highest BCUT2D eigenvalue weighted by atomic mass is 16.5. The Hall–Kier alpha value is -3.01. The van der Waals surface area contributed by atoms with Crippen LogP contribution in [0.1, 0.15) is 29.7 Å². The molecule has 4 nitrogen and oxygen atoms in total. The number of nitrogens with two attached hydrogens (primary N) is 1. The average Bonchev–Trinajstić information content (AvgIpc) is 2.63. The zero-order chi connectivity index (χ0) is 17.4. The van der Waals surface area contributed by atoms with Crippen molar-refractivity contribution in [3.63, 3.8) is 0 Å². The van der Waals surface area contributed by atoms with Crippen LogP contribution >= 0.6 is 0 Å². The minimum atomic E-state index is 0.0434. The first-order valence-corrected chi connectivity index (χ1v) is 8.36. The lowest BCUT2D eigenvalue weighted by Gasteiger charge is -2.18. The lowest BCUT2D eigenvalue weighted by atomic mass is 9.90. The normalized spacial score (nSPS) is 15.3. The molecule has 2 N–H and O–H groups in total. The quantitative estimate of drug-likeness (QED) is 0.712. The number of hydrogen-bond acceptors (Lipinski definition) is 4. The molecule has 0 aliphatic heterocycles. The molecule has 1 aliphatic carbocycles. The third-order valence-electron chi connectivity index (χ3n) is 4.64. The first kappa shape index (κ1) is 15.5. The van der Waals surface area contributed by atoms with E-state index in [2.05, 4.69) is 6.08 Å². The van der Waals surface area contributed by atoms with Crippen LogP contribution in [-0.2, 0) is 6.42 Å². The monoisotopic (exact) mass is 333 g/mol. The molecule has 1 aliphatic rings. The van der Waals surface area contributed by atoms with Gasteiger partial charge in [0.25, 0.3) is 0 Å². The van der Waals surface area contributed by atoms with Gasteiger partial charge >= 0.3 is 0 Å². The minimum Gasteiger partial charge on any atom is -0.496 e. The van der Waals surface area contributed by atoms with E-state index in [1.54, 1.807) is 25.3 Å². The summed E-state index contributed by atoms with van der Waals surface area (Å²) in [4.78, 5) is 12.9. The molecule has 25 heavy (non-hydrogen) atoms. The molecule has 3 aromatic rings. The number of hydrogen-bond donors (Lipinski definition) is 1. The fourth-order valence-electron chi connectivity index (χ4n) is 3.41. The van der Waals surface area contributed by atoms with Crippen molar-refractivity contribution in [2.75, 3.05) is 12.8 Å². The van der Waals surface area contributed by atoms with Crippen LogP contribution < -0.4 is 15.9 Å². The van der Waals surface area contributed by atoms with Gasteiger partial charge < -0.3 is 14.9 Å². The zero-order valence-corrected chi connectivity index (χ0v) is 14.0. The number of fused-ring (bicyclic) bond motifs is 2. The smallest absolute Gasteiger partial charge is 0.196 e. The number of allylic oxidation sites excluding steroid dienone is 1. The van der Waals surface area contributed by atoms with E-state index in [4.69, 9.17) is 14.9 Å². The van der Waals surface area contributed by atoms with Gasteiger partial charge in [-0.2, -0.15) is 0 Å². The summed E-state index contributed by atoms with van der Waals surface area (Å²) in [5.41, 5.74) is 9.77. The molecule has 0 spiro atoms. The topological polar surface area (TPSA) is 65.5 Å². The molecule has 2 aromatic carbocycles. The van der Waals surface area contributed by atoms with E-state index in [9.17, 15) is 4.79 Å². The summed E-state index contributed by atoms with van der Waals surface area (Å²) < 4.78 is 11.5. The summed E-state index contributed by atoms with van der Waals surface area (Å²) in [5.74, 6) is 1.48. The molecule has 0 bridgehead atoms. The second-order valence-corrected chi connectivity index (χ2v) is 6.26. The van der Waals surface area contributed by atoms with Gasteiger partial charge in [0.05, 0.1) is 12.5 Å². The van der Waals surface area contributed by atoms with Gasteiger partial charge in [0.2, 0.25) is 0 Å². The maximum absolute atomic E-state index is 12.9. The summed E-state index contributed by atoms with van der Waals surface area (Å²) in [6.07, 6.45) is 4.58. The second kappa shape index (κ2) is 6.13. The lowest BCUT2D eigenvalue weighted by molar-refractivity contribution is 0.414. The number of methoxy groups -OCH3 is 1. The highest BCUT2D eigenvalue weighted by Gasteiger charge is 2.22. The van der Waals surface area contributed by atoms with Crippen molar-refractivity contribution in [1.29, 1.82) is 0 Å². The summed E-state index contributed by atoms with van der Waals surface area (Å²) in [5, 5.41) is 0.589. The van der Waals surface area contributed by atoms with Crippen molar-refractivity contribution >= 4 is 28.3 Å². The Morgan fingerprint density at radius 3 is 2.84 bits per heavy atom. The van der Waals surface area contributed by atoms with Crippen LogP contribution in [0.3, 0.4) is 0 Å². The van der Waals surface area contributed by atoms with Crippen molar-refractivity contribution in [2.24, 2.45) is 0 Å². The molecule has 0 radical (unpaired) electrons. The van der Waals surface area contributed by atoms with Crippen LogP contribution in [0.5, 0.6) is 5.75 Å². The fraction of sp³-hybridized carbons (Fsp3) is 0.190. The summed E-state index contributed by atoms with van der Waals surface area (Å²) >= 11 is 0. The molecule has 0 fully saturated rings. The second-order valence-electron chi connectivity index (χ2n) is 6.26. The molecule has 0 atom stereocenters. The molecule has 0 saturated carbocycles. The Morgan fingerprint density at radius 2 is 2.00 bits per heavy atom. The minimum absolute atomic E-state index is 0.0434. The van der Waals surface area contributed by atoms with Crippen LogP contribution in [-0.4, -0.2) is 7.11 Å². The van der Waals surface area contributed by atoms with Crippen LogP contribution in [0.4, 0.5) is 5.69 Å². The number of rotatable bonds is 2. The van der Waals surface area contributed by atoms with Crippen molar-refractivity contribution in [3.05, 3.63) is 69.6 Å². The molecular formula is C21H19NO3. The van der Waals surface area contributed by atoms with E-state index in [1.165, 1.54) is 0 Å². The predicted octanol–water partition coefficient (Wildman–Crippen LogP) is 4.26. The molecule has 1 heterocycles. The first-order valence-electron chi connectivity index (χ1n) is 8.36. The summed E-state index contributed by atoms with van der Waals surface area (Å²) in [7, 11) is 1.66. The Morgan fingerprint density at radius 1 is 1.16 bits per heavy atom. The van der Waals surface area contributed by atoms with E-state index in [0.29, 0.717) is 22.4 Å². The van der Waals surface area contributed by atoms with Gasteiger partial charge in [0, 0.05) is 22.9 Å². The van der Waals surface area contributed by atoms with Gasteiger partial charge in [0.15, 0.2) is 5.43 Å². The Kier molecular flexibility index (Phi) is 3.80. The van der Waals surface area contributed by atoms with Gasteiger partial charge in [0.1, 0.15) is 17.1 Å². The highest BCUT2D eigenvalue weighted by molar-refractivity contribution is 5.87. The Balaban J connectivity index is 1.94. The number of nitrogen functional groups attached to an aromatic ring is 1. The SMILES string of the molecule is COc1ccccc1/C=C1/CCCc2c1oc1cc(N)ccc1c2=O. The lowest BCUT2D eigenvalue weighted by Crippen LogP contribution is -2.16. The highest BCUT2D eigenvalue weighted by Crippen LogP contribution is 2.34. The number of para-hydroxylation sites is 1. The third-order valence-corrected chi connectivity index (χ3v) is 4.64. The predicted molar refractivity (Wildman–Crippen MR) is 101 cm³/mol. The van der Waals surface area contributed by atoms with Crippen LogP contribution in [0.2, 0.25) is 0 Å². The average molecular weight is 333 g/mol. The van der Waals surface area contributed by atoms with Gasteiger partial charge in [-0.05, 0) is 49.1 Å². The van der Waals surface area contributed by atoms with Crippen molar-refractivity contribution in [1.82, 2.24) is 0 Å². The molecule has 4 rings (SSSR count). The number of benzene rings is 2. The van der Waals surface area contributed by atoms with E-state index in [-0.39, 0.29) is 5.43 Å². The first-order chi connectivity index (χ1) is 12.2. The molecule has 4 heteroatoms. The molecule has 1 aromatic heterocycles. The van der Waals surface area contributed by atoms with E-state index in [1.807, 2.05) is 24.3 Å². The molecule has 0 unspecified atom stereocenters. The van der Waals surface area contributed by atoms with Gasteiger partial charge in [-0.15, -0.1) is 0 Å². The Bertz CT molecular complexity index is 1050. The third kappa shape index (κ3) is 2.70. The zero-order valence-electron chi connectivity index (χ0n) is 14.0. The van der Waals surface area contributed by atoms with Crippen LogP contribution in [0.15, 0.2) is 51.7 Å². The standard InChI is InChI=1S/C21H19NO3/c1-24-18-8-3-2-5-13(18)11-14-6-4-7-17-20(23)16-10-9-15(22)12-19(16)25-21(14)17/h2-3,5,8-12H,4,6-7,22H2,1H3/b14-11-. The van der Waals surface area contributed by atoms with Gasteiger partial charge in [-0.1, -0.05) is 18.2 Å². The van der Waals surface area contributed by atoms with Crippen LogP contribution in [0.25, 0.3) is 22.6 Å². The molecule has 0 saturated heterocycles. The summed E-state index contributed by atoms with van der Waals surface area (Å²) in [6.45, 7) is 0. The van der Waals surface area contributed by atoms with Crippen molar-refractivity contribution in [2.45, 2.75) is 19.3 Å². The van der Waals surface area contributed by atoms with Crippen LogP contribution in [0, 0.1) is 0 Å². The number of ether oxygens (including phenoxy) is 1. The van der Waals surface area contributed by atoms with E-state index in [0.717, 1.165) is 41.7 Å². The molecular weight excluding hydrogens is 314 g/mol. The summed E-state index contributed by atoms with van der Waals surface area (Å²) in [6, 6.07) is 13.0. The largest absolute Gasteiger partial charge is 0.496 e. The maximum atomic E-state index is 12.9. The molecule has 0 amide bonds. The number of anilines is 1. The van der Waals surface area contributed by atoms with E-state index >= 15 is 0 Å².